The van der Waals surface area contributed by atoms with Crippen LogP contribution in [0.4, 0.5) is 4.39 Å². The SMILES string of the molecule is CC(=O)C(C)n1c(CNC(=O)c2ccccc2F)nc2ccccc21. The molecule has 0 spiro atoms. The summed E-state index contributed by atoms with van der Waals surface area (Å²) in [5, 5.41) is 2.68. The molecule has 0 radical (unpaired) electrons. The van der Waals surface area contributed by atoms with Gasteiger partial charge >= 0.3 is 0 Å². The first-order valence-corrected chi connectivity index (χ1v) is 7.98. The highest BCUT2D eigenvalue weighted by atomic mass is 19.1. The Morgan fingerprint density at radius 2 is 1.84 bits per heavy atom. The number of amides is 1. The number of aromatic nitrogens is 2. The summed E-state index contributed by atoms with van der Waals surface area (Å²) >= 11 is 0. The van der Waals surface area contributed by atoms with Crippen LogP contribution in [0.15, 0.2) is 48.5 Å². The van der Waals surface area contributed by atoms with E-state index in [-0.39, 0.29) is 17.9 Å². The van der Waals surface area contributed by atoms with E-state index in [0.29, 0.717) is 5.82 Å². The maximum atomic E-state index is 13.7. The van der Waals surface area contributed by atoms with Crippen LogP contribution in [0, 0.1) is 5.82 Å². The van der Waals surface area contributed by atoms with Gasteiger partial charge in [-0.3, -0.25) is 9.59 Å². The zero-order chi connectivity index (χ0) is 18.0. The predicted octanol–water partition coefficient (Wildman–Crippen LogP) is 3.26. The summed E-state index contributed by atoms with van der Waals surface area (Å²) in [7, 11) is 0. The van der Waals surface area contributed by atoms with Crippen LogP contribution in [-0.2, 0) is 11.3 Å². The lowest BCUT2D eigenvalue weighted by atomic mass is 10.2. The molecule has 6 heteroatoms. The third-order valence-corrected chi connectivity index (χ3v) is 4.17. The number of halogens is 1. The van der Waals surface area contributed by atoms with E-state index in [1.54, 1.807) is 17.6 Å². The Hall–Kier alpha value is -3.02. The van der Waals surface area contributed by atoms with Gasteiger partial charge in [0.25, 0.3) is 5.91 Å². The summed E-state index contributed by atoms with van der Waals surface area (Å²) in [6.45, 7) is 3.40. The van der Waals surface area contributed by atoms with Gasteiger partial charge in [-0.25, -0.2) is 9.37 Å². The van der Waals surface area contributed by atoms with E-state index in [1.165, 1.54) is 25.1 Å². The number of carbonyl (C=O) groups excluding carboxylic acids is 2. The summed E-state index contributed by atoms with van der Waals surface area (Å²) in [5.41, 5.74) is 1.54. The molecule has 1 amide bonds. The maximum Gasteiger partial charge on any atom is 0.254 e. The average Bonchev–Trinajstić information content (AvgIpc) is 2.97. The van der Waals surface area contributed by atoms with Crippen LogP contribution >= 0.6 is 0 Å². The van der Waals surface area contributed by atoms with Gasteiger partial charge in [-0.05, 0) is 38.1 Å². The highest BCUT2D eigenvalue weighted by molar-refractivity contribution is 5.94. The minimum Gasteiger partial charge on any atom is -0.345 e. The normalized spacial score (nSPS) is 12.1. The van der Waals surface area contributed by atoms with Gasteiger partial charge in [-0.15, -0.1) is 0 Å². The van der Waals surface area contributed by atoms with Crippen LogP contribution < -0.4 is 5.32 Å². The molecule has 3 aromatic rings. The number of para-hydroxylation sites is 2. The molecule has 1 unspecified atom stereocenters. The number of hydrogen-bond donors (Lipinski definition) is 1. The van der Waals surface area contributed by atoms with Gasteiger partial charge in [0.15, 0.2) is 5.78 Å². The van der Waals surface area contributed by atoms with Crippen molar-refractivity contribution in [2.45, 2.75) is 26.4 Å². The van der Waals surface area contributed by atoms with E-state index >= 15 is 0 Å². The molecule has 0 aliphatic rings. The number of imidazole rings is 1. The van der Waals surface area contributed by atoms with Crippen molar-refractivity contribution < 1.29 is 14.0 Å². The third-order valence-electron chi connectivity index (χ3n) is 4.17. The molecule has 1 heterocycles. The molecule has 0 saturated carbocycles. The largest absolute Gasteiger partial charge is 0.345 e. The minimum atomic E-state index is -0.578. The van der Waals surface area contributed by atoms with E-state index in [9.17, 15) is 14.0 Å². The molecule has 5 nitrogen and oxygen atoms in total. The van der Waals surface area contributed by atoms with Crippen LogP contribution in [0.25, 0.3) is 11.0 Å². The van der Waals surface area contributed by atoms with Crippen LogP contribution in [0.1, 0.15) is 36.1 Å². The van der Waals surface area contributed by atoms with E-state index in [1.807, 2.05) is 24.3 Å². The fourth-order valence-electron chi connectivity index (χ4n) is 2.73. The second kappa shape index (κ2) is 6.84. The van der Waals surface area contributed by atoms with Crippen molar-refractivity contribution in [3.63, 3.8) is 0 Å². The summed E-state index contributed by atoms with van der Waals surface area (Å²) in [6, 6.07) is 12.8. The molecule has 0 aliphatic carbocycles. The smallest absolute Gasteiger partial charge is 0.254 e. The second-order valence-electron chi connectivity index (χ2n) is 5.84. The van der Waals surface area contributed by atoms with Crippen molar-refractivity contribution in [1.29, 1.82) is 0 Å². The summed E-state index contributed by atoms with van der Waals surface area (Å²) in [6.07, 6.45) is 0. The molecule has 0 aliphatic heterocycles. The number of benzene rings is 2. The van der Waals surface area contributed by atoms with Gasteiger partial charge in [0.1, 0.15) is 11.6 Å². The maximum absolute atomic E-state index is 13.7. The Kier molecular flexibility index (Phi) is 4.61. The fraction of sp³-hybridized carbons (Fsp3) is 0.211. The fourth-order valence-corrected chi connectivity index (χ4v) is 2.73. The van der Waals surface area contributed by atoms with Gasteiger partial charge in [0, 0.05) is 0 Å². The number of hydrogen-bond acceptors (Lipinski definition) is 3. The number of nitrogens with one attached hydrogen (secondary N) is 1. The van der Waals surface area contributed by atoms with Crippen LogP contribution in [0.5, 0.6) is 0 Å². The molecule has 0 saturated heterocycles. The molecule has 128 valence electrons. The topological polar surface area (TPSA) is 64.0 Å². The number of ketones is 1. The van der Waals surface area contributed by atoms with Crippen molar-refractivity contribution in [3.05, 3.63) is 65.7 Å². The Bertz CT molecular complexity index is 949. The average molecular weight is 339 g/mol. The number of fused-ring (bicyclic) bond motifs is 1. The van der Waals surface area contributed by atoms with E-state index < -0.39 is 17.8 Å². The quantitative estimate of drug-likeness (QED) is 0.776. The molecular formula is C19H18FN3O2. The monoisotopic (exact) mass is 339 g/mol. The summed E-state index contributed by atoms with van der Waals surface area (Å²) in [4.78, 5) is 28.6. The molecule has 0 bridgehead atoms. The molecule has 25 heavy (non-hydrogen) atoms. The molecule has 1 aromatic heterocycles. The molecular weight excluding hydrogens is 321 g/mol. The number of carbonyl (C=O) groups is 2. The van der Waals surface area contributed by atoms with Gasteiger partial charge < -0.3 is 9.88 Å². The van der Waals surface area contributed by atoms with E-state index in [2.05, 4.69) is 10.3 Å². The Morgan fingerprint density at radius 3 is 2.56 bits per heavy atom. The highest BCUT2D eigenvalue weighted by Crippen LogP contribution is 2.22. The lowest BCUT2D eigenvalue weighted by Gasteiger charge is -2.15. The number of nitrogens with zero attached hydrogens (tertiary/aromatic N) is 2. The predicted molar refractivity (Wildman–Crippen MR) is 92.7 cm³/mol. The summed E-state index contributed by atoms with van der Waals surface area (Å²) in [5.74, 6) is -0.559. The number of Topliss-reactive ketones (excluding diaryl/α,β-unsaturated/α-hetero) is 1. The van der Waals surface area contributed by atoms with Crippen molar-refractivity contribution in [1.82, 2.24) is 14.9 Å². The van der Waals surface area contributed by atoms with Crippen molar-refractivity contribution in [2.24, 2.45) is 0 Å². The summed E-state index contributed by atoms with van der Waals surface area (Å²) < 4.78 is 15.5. The molecule has 1 N–H and O–H groups in total. The third kappa shape index (κ3) is 3.28. The van der Waals surface area contributed by atoms with Gasteiger partial charge in [0.05, 0.1) is 29.2 Å². The zero-order valence-corrected chi connectivity index (χ0v) is 14.0. The first-order valence-electron chi connectivity index (χ1n) is 7.98. The Morgan fingerprint density at radius 1 is 1.16 bits per heavy atom. The van der Waals surface area contributed by atoms with Gasteiger partial charge in [-0.2, -0.15) is 0 Å². The van der Waals surface area contributed by atoms with Crippen molar-refractivity contribution >= 4 is 22.7 Å². The second-order valence-corrected chi connectivity index (χ2v) is 5.84. The first kappa shape index (κ1) is 16.8. The van der Waals surface area contributed by atoms with Crippen molar-refractivity contribution in [3.8, 4) is 0 Å². The van der Waals surface area contributed by atoms with Crippen LogP contribution in [0.2, 0.25) is 0 Å². The van der Waals surface area contributed by atoms with Crippen LogP contribution in [0.3, 0.4) is 0 Å². The van der Waals surface area contributed by atoms with Crippen molar-refractivity contribution in [2.75, 3.05) is 0 Å². The Balaban J connectivity index is 1.91. The van der Waals surface area contributed by atoms with E-state index in [4.69, 9.17) is 0 Å². The minimum absolute atomic E-state index is 0.00941. The molecule has 3 rings (SSSR count). The van der Waals surface area contributed by atoms with Gasteiger partial charge in [0.2, 0.25) is 0 Å². The number of rotatable bonds is 5. The standard InChI is InChI=1S/C19H18FN3O2/c1-12(13(2)24)23-17-10-6-5-9-16(17)22-18(23)11-21-19(25)14-7-3-4-8-15(14)20/h3-10,12H,11H2,1-2H3,(H,21,25). The van der Waals surface area contributed by atoms with Gasteiger partial charge in [-0.1, -0.05) is 24.3 Å². The molecule has 0 fully saturated rings. The molecule has 1 atom stereocenters. The lowest BCUT2D eigenvalue weighted by Crippen LogP contribution is -2.27. The lowest BCUT2D eigenvalue weighted by molar-refractivity contribution is -0.119. The highest BCUT2D eigenvalue weighted by Gasteiger charge is 2.19. The van der Waals surface area contributed by atoms with Crippen LogP contribution in [-0.4, -0.2) is 21.2 Å². The molecule has 2 aromatic carbocycles. The Labute approximate surface area is 144 Å². The van der Waals surface area contributed by atoms with E-state index in [0.717, 1.165) is 11.0 Å². The first-order chi connectivity index (χ1) is 12.0. The zero-order valence-electron chi connectivity index (χ0n) is 14.0.